The molecule has 0 aromatic rings. The summed E-state index contributed by atoms with van der Waals surface area (Å²) in [5, 5.41) is 0. The predicted octanol–water partition coefficient (Wildman–Crippen LogP) is 2.62. The van der Waals surface area contributed by atoms with E-state index in [4.69, 9.17) is 5.73 Å². The van der Waals surface area contributed by atoms with E-state index in [1.54, 1.807) is 0 Å². The van der Waals surface area contributed by atoms with Crippen LogP contribution in [0.3, 0.4) is 0 Å². The van der Waals surface area contributed by atoms with Crippen molar-refractivity contribution in [3.8, 4) is 0 Å². The maximum atomic E-state index is 6.14. The minimum atomic E-state index is 0.308. The second-order valence-corrected chi connectivity index (χ2v) is 6.48. The van der Waals surface area contributed by atoms with Crippen molar-refractivity contribution in [1.29, 1.82) is 0 Å². The average molecular weight is 224 g/mol. The van der Waals surface area contributed by atoms with Gasteiger partial charge >= 0.3 is 0 Å². The molecule has 0 saturated heterocycles. The van der Waals surface area contributed by atoms with Gasteiger partial charge in [-0.15, -0.1) is 0 Å². The Balaban J connectivity index is 2.09. The largest absolute Gasteiger partial charge is 0.329 e. The van der Waals surface area contributed by atoms with Crippen LogP contribution in [0.4, 0.5) is 0 Å². The van der Waals surface area contributed by atoms with Gasteiger partial charge in [-0.1, -0.05) is 20.3 Å². The summed E-state index contributed by atoms with van der Waals surface area (Å²) in [6.07, 6.45) is 8.20. The number of rotatable bonds is 3. The van der Waals surface area contributed by atoms with Crippen LogP contribution in [0.5, 0.6) is 0 Å². The molecule has 2 saturated carbocycles. The van der Waals surface area contributed by atoms with Crippen molar-refractivity contribution >= 4 is 0 Å². The molecule has 94 valence electrons. The van der Waals surface area contributed by atoms with Crippen LogP contribution >= 0.6 is 0 Å². The van der Waals surface area contributed by atoms with Crippen LogP contribution in [0.2, 0.25) is 0 Å². The molecular weight excluding hydrogens is 196 g/mol. The molecule has 2 fully saturated rings. The summed E-state index contributed by atoms with van der Waals surface area (Å²) in [5.74, 6) is 1.68. The molecule has 2 aliphatic rings. The SMILES string of the molecule is CC1CC(C)CC(CN)(N(C)C2CCC2)C1. The van der Waals surface area contributed by atoms with E-state index in [1.807, 2.05) is 0 Å². The van der Waals surface area contributed by atoms with Gasteiger partial charge in [-0.2, -0.15) is 0 Å². The van der Waals surface area contributed by atoms with Crippen LogP contribution in [0.1, 0.15) is 52.4 Å². The molecule has 0 aromatic heterocycles. The summed E-state index contributed by atoms with van der Waals surface area (Å²) in [4.78, 5) is 2.64. The monoisotopic (exact) mass is 224 g/mol. The smallest absolute Gasteiger partial charge is 0.0336 e. The summed E-state index contributed by atoms with van der Waals surface area (Å²) in [6.45, 7) is 5.64. The Hall–Kier alpha value is -0.0800. The van der Waals surface area contributed by atoms with E-state index < -0.39 is 0 Å². The van der Waals surface area contributed by atoms with E-state index in [9.17, 15) is 0 Å². The Kier molecular flexibility index (Phi) is 3.60. The summed E-state index contributed by atoms with van der Waals surface area (Å²) in [5.41, 5.74) is 6.45. The number of likely N-dealkylation sites (N-methyl/N-ethyl adjacent to an activating group) is 1. The molecule has 2 heteroatoms. The van der Waals surface area contributed by atoms with E-state index in [-0.39, 0.29) is 0 Å². The van der Waals surface area contributed by atoms with Crippen LogP contribution in [-0.2, 0) is 0 Å². The highest BCUT2D eigenvalue weighted by Crippen LogP contribution is 2.41. The second-order valence-electron chi connectivity index (χ2n) is 6.48. The number of nitrogens with zero attached hydrogens (tertiary/aromatic N) is 1. The van der Waals surface area contributed by atoms with Crippen molar-refractivity contribution in [2.24, 2.45) is 17.6 Å². The Bertz CT molecular complexity index is 225. The Morgan fingerprint density at radius 3 is 2.12 bits per heavy atom. The molecule has 0 heterocycles. The molecule has 0 spiro atoms. The zero-order valence-corrected chi connectivity index (χ0v) is 11.2. The first kappa shape index (κ1) is 12.4. The van der Waals surface area contributed by atoms with E-state index in [2.05, 4.69) is 25.8 Å². The summed E-state index contributed by atoms with van der Waals surface area (Å²) >= 11 is 0. The Labute approximate surface area is 101 Å². The van der Waals surface area contributed by atoms with Crippen molar-refractivity contribution < 1.29 is 0 Å². The van der Waals surface area contributed by atoms with E-state index in [0.717, 1.165) is 24.4 Å². The molecule has 0 amide bonds. The van der Waals surface area contributed by atoms with Gasteiger partial charge in [0.2, 0.25) is 0 Å². The van der Waals surface area contributed by atoms with Gasteiger partial charge in [-0.3, -0.25) is 4.90 Å². The molecule has 2 N–H and O–H groups in total. The molecule has 2 rings (SSSR count). The lowest BCUT2D eigenvalue weighted by Crippen LogP contribution is -2.60. The van der Waals surface area contributed by atoms with E-state index >= 15 is 0 Å². The standard InChI is InChI=1S/C14H28N2/c1-11-7-12(2)9-14(8-11,10-15)16(3)13-5-4-6-13/h11-13H,4-10,15H2,1-3H3. The lowest BCUT2D eigenvalue weighted by Gasteiger charge is -2.53. The minimum Gasteiger partial charge on any atom is -0.329 e. The quantitative estimate of drug-likeness (QED) is 0.798. The average Bonchev–Trinajstić information content (AvgIpc) is 2.13. The van der Waals surface area contributed by atoms with Gasteiger partial charge in [0.1, 0.15) is 0 Å². The highest BCUT2D eigenvalue weighted by Gasteiger charge is 2.43. The lowest BCUT2D eigenvalue weighted by atomic mass is 9.69. The van der Waals surface area contributed by atoms with Crippen molar-refractivity contribution in [3.63, 3.8) is 0 Å². The molecule has 2 aliphatic carbocycles. The fraction of sp³-hybridized carbons (Fsp3) is 1.00. The van der Waals surface area contributed by atoms with Crippen LogP contribution in [0, 0.1) is 11.8 Å². The van der Waals surface area contributed by atoms with Crippen LogP contribution in [0.15, 0.2) is 0 Å². The molecule has 2 unspecified atom stereocenters. The second kappa shape index (κ2) is 4.66. The van der Waals surface area contributed by atoms with Crippen LogP contribution in [-0.4, -0.2) is 30.1 Å². The molecular formula is C14H28N2. The van der Waals surface area contributed by atoms with Gasteiger partial charge in [0.25, 0.3) is 0 Å². The lowest BCUT2D eigenvalue weighted by molar-refractivity contribution is -0.0144. The molecule has 0 radical (unpaired) electrons. The predicted molar refractivity (Wildman–Crippen MR) is 69.4 cm³/mol. The fourth-order valence-corrected chi connectivity index (χ4v) is 3.99. The number of hydrogen-bond donors (Lipinski definition) is 1. The molecule has 2 atom stereocenters. The zero-order chi connectivity index (χ0) is 11.8. The van der Waals surface area contributed by atoms with Crippen molar-refractivity contribution in [3.05, 3.63) is 0 Å². The molecule has 0 aromatic carbocycles. The van der Waals surface area contributed by atoms with Crippen molar-refractivity contribution in [2.45, 2.75) is 64.0 Å². The maximum Gasteiger partial charge on any atom is 0.0336 e. The van der Waals surface area contributed by atoms with Crippen molar-refractivity contribution in [1.82, 2.24) is 4.90 Å². The molecule has 0 aliphatic heterocycles. The third-order valence-electron chi connectivity index (χ3n) is 5.01. The van der Waals surface area contributed by atoms with Gasteiger partial charge in [0.05, 0.1) is 0 Å². The van der Waals surface area contributed by atoms with Gasteiger partial charge < -0.3 is 5.73 Å². The number of hydrogen-bond acceptors (Lipinski definition) is 2. The normalized spacial score (nSPS) is 41.1. The maximum absolute atomic E-state index is 6.14. The highest BCUT2D eigenvalue weighted by atomic mass is 15.2. The summed E-state index contributed by atoms with van der Waals surface area (Å²) in [6, 6.07) is 0.820. The van der Waals surface area contributed by atoms with Gasteiger partial charge in [-0.05, 0) is 51.0 Å². The van der Waals surface area contributed by atoms with Crippen molar-refractivity contribution in [2.75, 3.05) is 13.6 Å². The molecule has 2 nitrogen and oxygen atoms in total. The van der Waals surface area contributed by atoms with Gasteiger partial charge in [0.15, 0.2) is 0 Å². The third kappa shape index (κ3) is 2.14. The summed E-state index contributed by atoms with van der Waals surface area (Å²) in [7, 11) is 2.32. The minimum absolute atomic E-state index is 0.308. The first-order valence-corrected chi connectivity index (χ1v) is 7.00. The van der Waals surface area contributed by atoms with Gasteiger partial charge in [-0.25, -0.2) is 0 Å². The zero-order valence-electron chi connectivity index (χ0n) is 11.2. The highest BCUT2D eigenvalue weighted by molar-refractivity contribution is 5.00. The van der Waals surface area contributed by atoms with Crippen LogP contribution in [0.25, 0.3) is 0 Å². The van der Waals surface area contributed by atoms with E-state index in [0.29, 0.717) is 5.54 Å². The third-order valence-corrected chi connectivity index (χ3v) is 5.01. The van der Waals surface area contributed by atoms with E-state index in [1.165, 1.54) is 38.5 Å². The Morgan fingerprint density at radius 2 is 1.75 bits per heavy atom. The number of nitrogens with two attached hydrogens (primary N) is 1. The topological polar surface area (TPSA) is 29.3 Å². The molecule has 0 bridgehead atoms. The summed E-state index contributed by atoms with van der Waals surface area (Å²) < 4.78 is 0. The molecule has 16 heavy (non-hydrogen) atoms. The van der Waals surface area contributed by atoms with Gasteiger partial charge in [0, 0.05) is 18.1 Å². The Morgan fingerprint density at radius 1 is 1.19 bits per heavy atom. The van der Waals surface area contributed by atoms with Crippen LogP contribution < -0.4 is 5.73 Å². The first-order chi connectivity index (χ1) is 7.57. The fourth-order valence-electron chi connectivity index (χ4n) is 3.99. The first-order valence-electron chi connectivity index (χ1n) is 7.00.